The molecule has 2 N–H and O–H groups in total. The minimum Gasteiger partial charge on any atom is -0.399 e. The fraction of sp³-hybridized carbons (Fsp3) is 0.250. The van der Waals surface area contributed by atoms with Gasteiger partial charge in [-0.15, -0.1) is 23.7 Å². The Bertz CT molecular complexity index is 729. The van der Waals surface area contributed by atoms with Gasteiger partial charge in [0.05, 0.1) is 15.5 Å². The van der Waals surface area contributed by atoms with Gasteiger partial charge in [-0.05, 0) is 29.6 Å². The van der Waals surface area contributed by atoms with Crippen molar-refractivity contribution in [3.05, 3.63) is 51.2 Å². The van der Waals surface area contributed by atoms with Crippen LogP contribution < -0.4 is 5.73 Å². The van der Waals surface area contributed by atoms with Gasteiger partial charge < -0.3 is 15.5 Å². The van der Waals surface area contributed by atoms with Crippen molar-refractivity contribution in [3.8, 4) is 0 Å². The van der Waals surface area contributed by atoms with Crippen molar-refractivity contribution in [2.45, 2.75) is 0 Å². The second-order valence-electron chi connectivity index (χ2n) is 5.30. The molecule has 3 rings (SSSR count). The molecule has 0 atom stereocenters. The lowest BCUT2D eigenvalue weighted by Gasteiger charge is -2.34. The highest BCUT2D eigenvalue weighted by molar-refractivity contribution is 7.12. The third-order valence-electron chi connectivity index (χ3n) is 3.81. The number of piperazine rings is 1. The number of nitrogens with zero attached hydrogens (tertiary/aromatic N) is 2. The zero-order valence-corrected chi connectivity index (χ0v) is 15.2. The Morgan fingerprint density at radius 2 is 1.67 bits per heavy atom. The Morgan fingerprint density at radius 1 is 1.04 bits per heavy atom. The zero-order chi connectivity index (χ0) is 16.4. The summed E-state index contributed by atoms with van der Waals surface area (Å²) < 4.78 is 0. The van der Waals surface area contributed by atoms with Gasteiger partial charge in [0, 0.05) is 31.9 Å². The quantitative estimate of drug-likeness (QED) is 0.807. The summed E-state index contributed by atoms with van der Waals surface area (Å²) in [5.41, 5.74) is 6.62. The molecule has 1 aromatic heterocycles. The fourth-order valence-corrected chi connectivity index (χ4v) is 3.50. The molecule has 2 aromatic rings. The molecule has 0 spiro atoms. The molecule has 128 valence electrons. The van der Waals surface area contributed by atoms with Crippen LogP contribution in [0.2, 0.25) is 5.02 Å². The normalized spacial score (nSPS) is 14.2. The summed E-state index contributed by atoms with van der Waals surface area (Å²) in [6.07, 6.45) is 0. The van der Waals surface area contributed by atoms with Crippen molar-refractivity contribution >= 4 is 52.8 Å². The molecular weight excluding hydrogens is 369 g/mol. The van der Waals surface area contributed by atoms with E-state index in [9.17, 15) is 9.59 Å². The number of benzene rings is 1. The molecule has 1 saturated heterocycles. The average molecular weight is 386 g/mol. The number of carbonyl (C=O) groups excluding carboxylic acids is 2. The van der Waals surface area contributed by atoms with Gasteiger partial charge in [-0.1, -0.05) is 17.7 Å². The lowest BCUT2D eigenvalue weighted by Crippen LogP contribution is -2.50. The van der Waals surface area contributed by atoms with Crippen LogP contribution in [-0.4, -0.2) is 47.8 Å². The maximum atomic E-state index is 12.5. The summed E-state index contributed by atoms with van der Waals surface area (Å²) in [5.74, 6) is -0.101. The average Bonchev–Trinajstić information content (AvgIpc) is 3.08. The van der Waals surface area contributed by atoms with E-state index in [1.165, 1.54) is 11.3 Å². The molecule has 2 heterocycles. The van der Waals surface area contributed by atoms with E-state index in [-0.39, 0.29) is 24.2 Å². The maximum absolute atomic E-state index is 12.5. The number of halogens is 2. The topological polar surface area (TPSA) is 66.6 Å². The van der Waals surface area contributed by atoms with E-state index >= 15 is 0 Å². The molecule has 0 aliphatic carbocycles. The van der Waals surface area contributed by atoms with Gasteiger partial charge in [0.2, 0.25) is 0 Å². The van der Waals surface area contributed by atoms with E-state index in [1.54, 1.807) is 28.0 Å². The number of anilines is 1. The number of hydrogen-bond donors (Lipinski definition) is 1. The van der Waals surface area contributed by atoms with Gasteiger partial charge in [-0.2, -0.15) is 0 Å². The van der Waals surface area contributed by atoms with Crippen molar-refractivity contribution in [2.24, 2.45) is 0 Å². The molecule has 1 aliphatic rings. The van der Waals surface area contributed by atoms with Gasteiger partial charge in [0.1, 0.15) is 0 Å². The zero-order valence-electron chi connectivity index (χ0n) is 12.8. The second kappa shape index (κ2) is 7.88. The van der Waals surface area contributed by atoms with E-state index in [2.05, 4.69) is 0 Å². The van der Waals surface area contributed by atoms with Crippen LogP contribution in [0.15, 0.2) is 35.7 Å². The minimum absolute atomic E-state index is 0. The first-order valence-electron chi connectivity index (χ1n) is 7.23. The Balaban J connectivity index is 0.00000208. The molecule has 2 amide bonds. The molecule has 1 fully saturated rings. The number of amides is 2. The Kier molecular flexibility index (Phi) is 6.10. The number of nitrogen functional groups attached to an aromatic ring is 1. The predicted octanol–water partition coefficient (Wildman–Crippen LogP) is 3.00. The Labute approximate surface area is 155 Å². The Morgan fingerprint density at radius 3 is 2.21 bits per heavy atom. The van der Waals surface area contributed by atoms with Crippen molar-refractivity contribution < 1.29 is 9.59 Å². The summed E-state index contributed by atoms with van der Waals surface area (Å²) in [7, 11) is 0. The molecule has 1 aliphatic heterocycles. The second-order valence-corrected chi connectivity index (χ2v) is 6.66. The van der Waals surface area contributed by atoms with E-state index in [1.807, 2.05) is 17.5 Å². The molecule has 0 radical (unpaired) electrons. The smallest absolute Gasteiger partial charge is 0.264 e. The van der Waals surface area contributed by atoms with E-state index in [0.29, 0.717) is 42.5 Å². The summed E-state index contributed by atoms with van der Waals surface area (Å²) in [4.78, 5) is 29.1. The lowest BCUT2D eigenvalue weighted by atomic mass is 10.1. The number of hydrogen-bond acceptors (Lipinski definition) is 4. The fourth-order valence-electron chi connectivity index (χ4n) is 2.54. The van der Waals surface area contributed by atoms with Crippen LogP contribution in [0.25, 0.3) is 0 Å². The van der Waals surface area contributed by atoms with Crippen molar-refractivity contribution in [2.75, 3.05) is 31.9 Å². The van der Waals surface area contributed by atoms with Crippen LogP contribution in [0, 0.1) is 0 Å². The third-order valence-corrected chi connectivity index (χ3v) is 4.98. The SMILES string of the molecule is Cl.Nc1ccc(C(=O)N2CCN(C(=O)c3cccs3)CC2)c(Cl)c1. The minimum atomic E-state index is -0.127. The number of rotatable bonds is 2. The van der Waals surface area contributed by atoms with Crippen LogP contribution in [0.3, 0.4) is 0 Å². The molecule has 0 unspecified atom stereocenters. The van der Waals surface area contributed by atoms with Gasteiger partial charge in [-0.25, -0.2) is 0 Å². The molecule has 0 saturated carbocycles. The molecule has 1 aromatic carbocycles. The van der Waals surface area contributed by atoms with Crippen LogP contribution in [0.1, 0.15) is 20.0 Å². The predicted molar refractivity (Wildman–Crippen MR) is 99.2 cm³/mol. The number of carbonyl (C=O) groups is 2. The van der Waals surface area contributed by atoms with Crippen molar-refractivity contribution in [1.82, 2.24) is 9.80 Å². The summed E-state index contributed by atoms with van der Waals surface area (Å²) in [5, 5.41) is 2.24. The Hall–Kier alpha value is -1.76. The molecule has 24 heavy (non-hydrogen) atoms. The van der Waals surface area contributed by atoms with Crippen molar-refractivity contribution in [3.63, 3.8) is 0 Å². The standard InChI is InChI=1S/C16H16ClN3O2S.ClH/c17-13-10-11(18)3-4-12(13)15(21)19-5-7-20(8-6-19)16(22)14-2-1-9-23-14;/h1-4,9-10H,5-8,18H2;1H. The van der Waals surface area contributed by atoms with Crippen molar-refractivity contribution in [1.29, 1.82) is 0 Å². The summed E-state index contributed by atoms with van der Waals surface area (Å²) in [6.45, 7) is 2.04. The maximum Gasteiger partial charge on any atom is 0.264 e. The van der Waals surface area contributed by atoms with E-state index < -0.39 is 0 Å². The highest BCUT2D eigenvalue weighted by atomic mass is 35.5. The van der Waals surface area contributed by atoms with Gasteiger partial charge >= 0.3 is 0 Å². The third kappa shape index (κ3) is 3.83. The largest absolute Gasteiger partial charge is 0.399 e. The van der Waals surface area contributed by atoms with E-state index in [0.717, 1.165) is 4.88 Å². The lowest BCUT2D eigenvalue weighted by molar-refractivity contribution is 0.0538. The summed E-state index contributed by atoms with van der Waals surface area (Å²) >= 11 is 7.53. The van der Waals surface area contributed by atoms with Gasteiger partial charge in [0.15, 0.2) is 0 Å². The molecule has 5 nitrogen and oxygen atoms in total. The van der Waals surface area contributed by atoms with Crippen LogP contribution in [0.5, 0.6) is 0 Å². The molecule has 0 bridgehead atoms. The highest BCUT2D eigenvalue weighted by Crippen LogP contribution is 2.22. The summed E-state index contributed by atoms with van der Waals surface area (Å²) in [6, 6.07) is 8.56. The van der Waals surface area contributed by atoms with Crippen LogP contribution in [0.4, 0.5) is 5.69 Å². The highest BCUT2D eigenvalue weighted by Gasteiger charge is 2.26. The number of nitrogens with two attached hydrogens (primary N) is 1. The first-order chi connectivity index (χ1) is 11.1. The molecular formula is C16H17Cl2N3O2S. The van der Waals surface area contributed by atoms with Gasteiger partial charge in [-0.3, -0.25) is 9.59 Å². The van der Waals surface area contributed by atoms with Crippen LogP contribution >= 0.6 is 35.3 Å². The first-order valence-corrected chi connectivity index (χ1v) is 8.49. The monoisotopic (exact) mass is 385 g/mol. The van der Waals surface area contributed by atoms with Crippen LogP contribution in [-0.2, 0) is 0 Å². The first kappa shape index (κ1) is 18.6. The molecule has 8 heteroatoms. The number of thiophene rings is 1. The van der Waals surface area contributed by atoms with Gasteiger partial charge in [0.25, 0.3) is 11.8 Å². The van der Waals surface area contributed by atoms with E-state index in [4.69, 9.17) is 17.3 Å².